The molecule has 1 aromatic carbocycles. The number of nitrogens with one attached hydrogen (secondary N) is 2. The Morgan fingerprint density at radius 3 is 2.89 bits per heavy atom. The Morgan fingerprint density at radius 1 is 1.50 bits per heavy atom. The summed E-state index contributed by atoms with van der Waals surface area (Å²) in [5, 5.41) is 15.3. The number of carbonyl (C=O) groups excluding carboxylic acids is 1. The number of hydrogen-bond donors (Lipinski definition) is 3. The molecular weight excluding hydrogens is 228 g/mol. The molecule has 2 rings (SSSR count). The molecule has 1 aromatic rings. The maximum atomic E-state index is 11.9. The molecule has 1 saturated heterocycles. The van der Waals surface area contributed by atoms with Crippen molar-refractivity contribution in [2.24, 2.45) is 0 Å². The zero-order valence-electron chi connectivity index (χ0n) is 10.9. The van der Waals surface area contributed by atoms with Crippen LogP contribution in [0.1, 0.15) is 23.1 Å². The number of carbonyl (C=O) groups is 1. The molecule has 1 aliphatic heterocycles. The van der Waals surface area contributed by atoms with Crippen LogP contribution >= 0.6 is 0 Å². The van der Waals surface area contributed by atoms with Gasteiger partial charge in [-0.15, -0.1) is 0 Å². The van der Waals surface area contributed by atoms with E-state index in [-0.39, 0.29) is 11.9 Å². The van der Waals surface area contributed by atoms with Crippen LogP contribution in [-0.2, 0) is 11.3 Å². The van der Waals surface area contributed by atoms with Crippen molar-refractivity contribution in [2.45, 2.75) is 39.0 Å². The highest BCUT2D eigenvalue weighted by atomic mass is 16.3. The number of aryl methyl sites for hydroxylation is 2. The maximum absolute atomic E-state index is 11.9. The number of aliphatic hydroxyl groups excluding tert-OH is 1. The molecule has 0 aliphatic carbocycles. The van der Waals surface area contributed by atoms with E-state index >= 15 is 0 Å². The normalized spacial score (nSPS) is 23.1. The minimum atomic E-state index is -0.401. The molecule has 0 spiro atoms. The van der Waals surface area contributed by atoms with Crippen molar-refractivity contribution in [1.82, 2.24) is 10.6 Å². The summed E-state index contributed by atoms with van der Waals surface area (Å²) in [6.45, 7) is 5.14. The second kappa shape index (κ2) is 5.50. The van der Waals surface area contributed by atoms with E-state index in [0.717, 1.165) is 5.56 Å². The summed E-state index contributed by atoms with van der Waals surface area (Å²) < 4.78 is 0. The summed E-state index contributed by atoms with van der Waals surface area (Å²) in [5.74, 6) is -0.0356. The van der Waals surface area contributed by atoms with Gasteiger partial charge in [-0.25, -0.2) is 0 Å². The average molecular weight is 248 g/mol. The van der Waals surface area contributed by atoms with E-state index in [1.165, 1.54) is 11.1 Å². The SMILES string of the molecule is Cc1ccc(CNC(=O)[C@H]2C[C@@H](O)CN2)c(C)c1. The third kappa shape index (κ3) is 3.09. The highest BCUT2D eigenvalue weighted by molar-refractivity contribution is 5.82. The largest absolute Gasteiger partial charge is 0.392 e. The molecule has 2 atom stereocenters. The quantitative estimate of drug-likeness (QED) is 0.736. The zero-order valence-corrected chi connectivity index (χ0v) is 10.9. The molecule has 4 heteroatoms. The van der Waals surface area contributed by atoms with Crippen LogP contribution < -0.4 is 10.6 Å². The van der Waals surface area contributed by atoms with Gasteiger partial charge in [0.05, 0.1) is 12.1 Å². The van der Waals surface area contributed by atoms with E-state index in [1.807, 2.05) is 19.1 Å². The van der Waals surface area contributed by atoms with Crippen molar-refractivity contribution in [3.05, 3.63) is 34.9 Å². The molecule has 1 heterocycles. The molecule has 3 N–H and O–H groups in total. The second-order valence-electron chi connectivity index (χ2n) is 5.00. The van der Waals surface area contributed by atoms with Gasteiger partial charge in [0, 0.05) is 13.1 Å². The van der Waals surface area contributed by atoms with E-state index in [2.05, 4.69) is 23.6 Å². The fraction of sp³-hybridized carbons (Fsp3) is 0.500. The summed E-state index contributed by atoms with van der Waals surface area (Å²) in [7, 11) is 0. The van der Waals surface area contributed by atoms with E-state index in [9.17, 15) is 9.90 Å². The molecule has 1 aliphatic rings. The van der Waals surface area contributed by atoms with Gasteiger partial charge >= 0.3 is 0 Å². The lowest BCUT2D eigenvalue weighted by molar-refractivity contribution is -0.123. The van der Waals surface area contributed by atoms with Gasteiger partial charge in [-0.3, -0.25) is 4.79 Å². The summed E-state index contributed by atoms with van der Waals surface area (Å²) in [6, 6.07) is 5.94. The van der Waals surface area contributed by atoms with Crippen LogP contribution in [0.25, 0.3) is 0 Å². The molecule has 1 fully saturated rings. The first-order chi connectivity index (χ1) is 8.56. The first-order valence-corrected chi connectivity index (χ1v) is 6.31. The van der Waals surface area contributed by atoms with Crippen LogP contribution in [0.2, 0.25) is 0 Å². The van der Waals surface area contributed by atoms with Crippen molar-refractivity contribution in [3.63, 3.8) is 0 Å². The van der Waals surface area contributed by atoms with E-state index in [4.69, 9.17) is 0 Å². The molecule has 4 nitrogen and oxygen atoms in total. The Morgan fingerprint density at radius 2 is 2.28 bits per heavy atom. The Labute approximate surface area is 107 Å². The summed E-state index contributed by atoms with van der Waals surface area (Å²) in [4.78, 5) is 11.9. The van der Waals surface area contributed by atoms with Gasteiger partial charge in [0.2, 0.25) is 5.91 Å². The van der Waals surface area contributed by atoms with Crippen LogP contribution in [0.15, 0.2) is 18.2 Å². The van der Waals surface area contributed by atoms with Crippen LogP contribution in [0.5, 0.6) is 0 Å². The molecule has 18 heavy (non-hydrogen) atoms. The van der Waals surface area contributed by atoms with Gasteiger partial charge < -0.3 is 15.7 Å². The van der Waals surface area contributed by atoms with Gasteiger partial charge in [-0.2, -0.15) is 0 Å². The first kappa shape index (κ1) is 13.1. The Balaban J connectivity index is 1.89. The minimum Gasteiger partial charge on any atom is -0.392 e. The van der Waals surface area contributed by atoms with Crippen molar-refractivity contribution in [3.8, 4) is 0 Å². The molecule has 0 unspecified atom stereocenters. The van der Waals surface area contributed by atoms with E-state index < -0.39 is 6.10 Å². The summed E-state index contributed by atoms with van der Waals surface area (Å²) in [6.07, 6.45) is 0.0977. The molecule has 0 bridgehead atoms. The number of aliphatic hydroxyl groups is 1. The van der Waals surface area contributed by atoms with Gasteiger partial charge in [0.1, 0.15) is 0 Å². The standard InChI is InChI=1S/C14H20N2O2/c1-9-3-4-11(10(2)5-9)7-16-14(18)13-6-12(17)8-15-13/h3-5,12-13,15,17H,6-8H2,1-2H3,(H,16,18)/t12-,13-/m1/s1. The van der Waals surface area contributed by atoms with Gasteiger partial charge in [0.25, 0.3) is 0 Å². The molecule has 0 aromatic heterocycles. The summed E-state index contributed by atoms with van der Waals surface area (Å²) >= 11 is 0. The van der Waals surface area contributed by atoms with Gasteiger partial charge in [-0.05, 0) is 31.4 Å². The predicted octanol–water partition coefficient (Wildman–Crippen LogP) is 0.642. The predicted molar refractivity (Wildman–Crippen MR) is 70.2 cm³/mol. The lowest BCUT2D eigenvalue weighted by Crippen LogP contribution is -2.40. The third-order valence-electron chi connectivity index (χ3n) is 3.38. The molecule has 1 amide bonds. The van der Waals surface area contributed by atoms with Crippen molar-refractivity contribution < 1.29 is 9.90 Å². The highest BCUT2D eigenvalue weighted by Gasteiger charge is 2.27. The topological polar surface area (TPSA) is 61.4 Å². The zero-order chi connectivity index (χ0) is 13.1. The van der Waals surface area contributed by atoms with Crippen LogP contribution in [0.4, 0.5) is 0 Å². The fourth-order valence-electron chi connectivity index (χ4n) is 2.27. The lowest BCUT2D eigenvalue weighted by Gasteiger charge is -2.12. The molecule has 98 valence electrons. The number of amides is 1. The Bertz CT molecular complexity index is 445. The molecular formula is C14H20N2O2. The van der Waals surface area contributed by atoms with Gasteiger partial charge in [-0.1, -0.05) is 23.8 Å². The van der Waals surface area contributed by atoms with Crippen LogP contribution in [0.3, 0.4) is 0 Å². The maximum Gasteiger partial charge on any atom is 0.237 e. The highest BCUT2D eigenvalue weighted by Crippen LogP contribution is 2.11. The van der Waals surface area contributed by atoms with Gasteiger partial charge in [0.15, 0.2) is 0 Å². The second-order valence-corrected chi connectivity index (χ2v) is 5.00. The fourth-order valence-corrected chi connectivity index (χ4v) is 2.27. The van der Waals surface area contributed by atoms with E-state index in [0.29, 0.717) is 19.5 Å². The number of β-amino-alcohol motifs (C(OH)–C–C–N with tert-alkyl or cyclic N) is 1. The van der Waals surface area contributed by atoms with Crippen molar-refractivity contribution in [2.75, 3.05) is 6.54 Å². The smallest absolute Gasteiger partial charge is 0.237 e. The third-order valence-corrected chi connectivity index (χ3v) is 3.38. The number of benzene rings is 1. The number of rotatable bonds is 3. The van der Waals surface area contributed by atoms with Crippen molar-refractivity contribution in [1.29, 1.82) is 0 Å². The number of hydrogen-bond acceptors (Lipinski definition) is 3. The average Bonchev–Trinajstić information content (AvgIpc) is 2.74. The van der Waals surface area contributed by atoms with E-state index in [1.54, 1.807) is 0 Å². The Hall–Kier alpha value is -1.39. The molecule has 0 radical (unpaired) electrons. The minimum absolute atomic E-state index is 0.0356. The monoisotopic (exact) mass is 248 g/mol. The Kier molecular flexibility index (Phi) is 3.99. The van der Waals surface area contributed by atoms with Crippen molar-refractivity contribution >= 4 is 5.91 Å². The first-order valence-electron chi connectivity index (χ1n) is 6.31. The van der Waals surface area contributed by atoms with Crippen LogP contribution in [0, 0.1) is 13.8 Å². The summed E-state index contributed by atoms with van der Waals surface area (Å²) in [5.41, 5.74) is 3.55. The van der Waals surface area contributed by atoms with Crippen LogP contribution in [-0.4, -0.2) is 29.7 Å². The molecule has 0 saturated carbocycles. The lowest BCUT2D eigenvalue weighted by atomic mass is 10.1.